The van der Waals surface area contributed by atoms with Crippen molar-refractivity contribution in [1.29, 1.82) is 0 Å². The predicted octanol–water partition coefficient (Wildman–Crippen LogP) is 0.389. The van der Waals surface area contributed by atoms with Crippen molar-refractivity contribution >= 4 is 35.3 Å². The maximum absolute atomic E-state index is 13.0. The van der Waals surface area contributed by atoms with E-state index in [9.17, 15) is 24.0 Å². The molecule has 0 aromatic heterocycles. The lowest BCUT2D eigenvalue weighted by Crippen LogP contribution is -2.54. The molecule has 28 heavy (non-hydrogen) atoms. The summed E-state index contributed by atoms with van der Waals surface area (Å²) in [5, 5.41) is 11.0. The average molecular weight is 385 g/mol. The predicted molar refractivity (Wildman–Crippen MR) is 95.7 cm³/mol. The second kappa shape index (κ2) is 6.74. The molecule has 146 valence electrons. The Labute approximate surface area is 160 Å². The Bertz CT molecular complexity index is 905. The summed E-state index contributed by atoms with van der Waals surface area (Å²) in [4.78, 5) is 63.0. The fraction of sp³-hybridized carbons (Fsp3) is 0.421. The van der Waals surface area contributed by atoms with Gasteiger partial charge in [-0.3, -0.25) is 34.2 Å². The molecule has 1 unspecified atom stereocenters. The molecule has 3 aliphatic rings. The van der Waals surface area contributed by atoms with Crippen LogP contribution in [0, 0.1) is 5.92 Å². The summed E-state index contributed by atoms with van der Waals surface area (Å²) in [6.07, 6.45) is 0.864. The maximum atomic E-state index is 13.0. The summed E-state index contributed by atoms with van der Waals surface area (Å²) >= 11 is 0. The topological polar surface area (TPSA) is 124 Å². The number of amides is 4. The molecule has 0 aliphatic carbocycles. The Morgan fingerprint density at radius 1 is 1.14 bits per heavy atom. The van der Waals surface area contributed by atoms with E-state index in [1.54, 1.807) is 18.2 Å². The number of benzene rings is 1. The molecule has 1 aromatic carbocycles. The number of carboxylic acids is 1. The van der Waals surface area contributed by atoms with Crippen molar-refractivity contribution in [1.82, 2.24) is 10.2 Å². The molecular weight excluding hydrogens is 366 g/mol. The zero-order chi connectivity index (χ0) is 20.0. The van der Waals surface area contributed by atoms with Gasteiger partial charge in [-0.25, -0.2) is 0 Å². The third-order valence-electron chi connectivity index (χ3n) is 5.51. The molecule has 1 aromatic rings. The number of nitrogens with zero attached hydrogens (tertiary/aromatic N) is 2. The highest BCUT2D eigenvalue weighted by atomic mass is 16.4. The van der Waals surface area contributed by atoms with E-state index < -0.39 is 35.6 Å². The van der Waals surface area contributed by atoms with Crippen LogP contribution in [0.25, 0.3) is 0 Å². The Balaban J connectivity index is 1.55. The minimum absolute atomic E-state index is 0.0774. The number of carbonyl (C=O) groups is 5. The standard InChI is InChI=1S/C19H19N3O6/c23-14-6-5-13(17(26)20-14)22-18(27)11-2-1-3-12(16(11)19(22)28)21-8-10(9-21)4-7-15(24)25/h1-3,10,13H,4-9H2,(H,24,25)(H,20,23,26). The third kappa shape index (κ3) is 2.92. The monoisotopic (exact) mass is 385 g/mol. The van der Waals surface area contributed by atoms with Crippen molar-refractivity contribution in [2.24, 2.45) is 5.92 Å². The van der Waals surface area contributed by atoms with Crippen molar-refractivity contribution in [3.63, 3.8) is 0 Å². The van der Waals surface area contributed by atoms with Gasteiger partial charge in [-0.05, 0) is 30.9 Å². The molecule has 2 fully saturated rings. The van der Waals surface area contributed by atoms with Gasteiger partial charge < -0.3 is 10.0 Å². The highest BCUT2D eigenvalue weighted by Crippen LogP contribution is 2.37. The molecule has 0 bridgehead atoms. The zero-order valence-electron chi connectivity index (χ0n) is 15.0. The van der Waals surface area contributed by atoms with Crippen molar-refractivity contribution in [3.8, 4) is 0 Å². The Hall–Kier alpha value is -3.23. The maximum Gasteiger partial charge on any atom is 0.303 e. The Kier molecular flexibility index (Phi) is 4.37. The number of hydrogen-bond donors (Lipinski definition) is 2. The first kappa shape index (κ1) is 18.1. The van der Waals surface area contributed by atoms with Gasteiger partial charge in [0, 0.05) is 25.9 Å². The fourth-order valence-electron chi connectivity index (χ4n) is 4.04. The number of aliphatic carboxylic acids is 1. The van der Waals surface area contributed by atoms with Crippen molar-refractivity contribution in [2.75, 3.05) is 18.0 Å². The highest BCUT2D eigenvalue weighted by molar-refractivity contribution is 6.25. The van der Waals surface area contributed by atoms with Crippen molar-refractivity contribution in [2.45, 2.75) is 31.7 Å². The first-order valence-corrected chi connectivity index (χ1v) is 9.18. The SMILES string of the molecule is O=C(O)CCC1CN(c2cccc3c2C(=O)N(C2CCC(=O)NC2=O)C3=O)C1. The van der Waals surface area contributed by atoms with E-state index in [1.807, 2.05) is 4.90 Å². The van der Waals surface area contributed by atoms with Crippen LogP contribution in [0.5, 0.6) is 0 Å². The first-order valence-electron chi connectivity index (χ1n) is 9.18. The molecule has 4 rings (SSSR count). The molecule has 9 nitrogen and oxygen atoms in total. The number of carboxylic acid groups (broad SMARTS) is 1. The number of carbonyl (C=O) groups excluding carboxylic acids is 4. The lowest BCUT2D eigenvalue weighted by atomic mass is 9.92. The number of piperidine rings is 1. The van der Waals surface area contributed by atoms with Crippen LogP contribution in [-0.4, -0.2) is 58.7 Å². The van der Waals surface area contributed by atoms with Gasteiger partial charge in [0.15, 0.2) is 0 Å². The molecule has 1 atom stereocenters. The van der Waals surface area contributed by atoms with E-state index in [1.165, 1.54) is 0 Å². The second-order valence-corrected chi connectivity index (χ2v) is 7.35. The van der Waals surface area contributed by atoms with Crippen molar-refractivity contribution in [3.05, 3.63) is 29.3 Å². The summed E-state index contributed by atoms with van der Waals surface area (Å²) in [5.41, 5.74) is 1.15. The summed E-state index contributed by atoms with van der Waals surface area (Å²) in [6, 6.07) is 4.02. The molecular formula is C19H19N3O6. The minimum atomic E-state index is -0.988. The molecule has 9 heteroatoms. The number of rotatable bonds is 5. The normalized spacial score (nSPS) is 22.2. The molecule has 4 amide bonds. The number of anilines is 1. The largest absolute Gasteiger partial charge is 0.481 e. The molecule has 0 saturated carbocycles. The van der Waals surface area contributed by atoms with Crippen LogP contribution in [0.4, 0.5) is 5.69 Å². The molecule has 3 aliphatic heterocycles. The van der Waals surface area contributed by atoms with E-state index in [4.69, 9.17) is 5.11 Å². The number of nitrogens with one attached hydrogen (secondary N) is 1. The molecule has 3 heterocycles. The van der Waals surface area contributed by atoms with Crippen LogP contribution in [0.2, 0.25) is 0 Å². The van der Waals surface area contributed by atoms with E-state index in [2.05, 4.69) is 5.32 Å². The fourth-order valence-corrected chi connectivity index (χ4v) is 4.04. The van der Waals surface area contributed by atoms with Crippen molar-refractivity contribution < 1.29 is 29.1 Å². The van der Waals surface area contributed by atoms with Gasteiger partial charge in [0.1, 0.15) is 6.04 Å². The van der Waals surface area contributed by atoms with Crippen LogP contribution in [-0.2, 0) is 14.4 Å². The smallest absolute Gasteiger partial charge is 0.303 e. The molecule has 2 saturated heterocycles. The average Bonchev–Trinajstić information content (AvgIpc) is 2.85. The van der Waals surface area contributed by atoms with E-state index in [0.29, 0.717) is 25.2 Å². The van der Waals surface area contributed by atoms with Crippen LogP contribution in [0.15, 0.2) is 18.2 Å². The number of imide groups is 2. The Morgan fingerprint density at radius 3 is 2.57 bits per heavy atom. The van der Waals surface area contributed by atoms with Crippen LogP contribution < -0.4 is 10.2 Å². The Morgan fingerprint density at radius 2 is 1.89 bits per heavy atom. The summed E-state index contributed by atoms with van der Waals surface area (Å²) in [7, 11) is 0. The van der Waals surface area contributed by atoms with Crippen LogP contribution >= 0.6 is 0 Å². The van der Waals surface area contributed by atoms with Crippen LogP contribution in [0.1, 0.15) is 46.4 Å². The number of hydrogen-bond acceptors (Lipinski definition) is 6. The number of fused-ring (bicyclic) bond motifs is 1. The summed E-state index contributed by atoms with van der Waals surface area (Å²) < 4.78 is 0. The van der Waals surface area contributed by atoms with E-state index >= 15 is 0 Å². The van der Waals surface area contributed by atoms with Gasteiger partial charge in [0.2, 0.25) is 11.8 Å². The van der Waals surface area contributed by atoms with Gasteiger partial charge >= 0.3 is 5.97 Å². The molecule has 2 N–H and O–H groups in total. The lowest BCUT2D eigenvalue weighted by Gasteiger charge is -2.41. The van der Waals surface area contributed by atoms with Gasteiger partial charge in [-0.1, -0.05) is 6.07 Å². The zero-order valence-corrected chi connectivity index (χ0v) is 15.0. The van der Waals surface area contributed by atoms with Gasteiger partial charge in [0.05, 0.1) is 16.8 Å². The first-order chi connectivity index (χ1) is 13.4. The van der Waals surface area contributed by atoms with Crippen LogP contribution in [0.3, 0.4) is 0 Å². The van der Waals surface area contributed by atoms with E-state index in [0.717, 1.165) is 4.90 Å². The molecule has 0 spiro atoms. The van der Waals surface area contributed by atoms with Gasteiger partial charge in [0.25, 0.3) is 11.8 Å². The minimum Gasteiger partial charge on any atom is -0.481 e. The van der Waals surface area contributed by atoms with E-state index in [-0.39, 0.29) is 36.3 Å². The molecule has 0 radical (unpaired) electrons. The van der Waals surface area contributed by atoms with Gasteiger partial charge in [-0.15, -0.1) is 0 Å². The lowest BCUT2D eigenvalue weighted by molar-refractivity contribution is -0.138. The summed E-state index contributed by atoms with van der Waals surface area (Å²) in [6.45, 7) is 1.23. The highest BCUT2D eigenvalue weighted by Gasteiger charge is 2.46. The third-order valence-corrected chi connectivity index (χ3v) is 5.51. The van der Waals surface area contributed by atoms with Gasteiger partial charge in [-0.2, -0.15) is 0 Å². The summed E-state index contributed by atoms with van der Waals surface area (Å²) in [5.74, 6) is -2.71. The quantitative estimate of drug-likeness (QED) is 0.703. The second-order valence-electron chi connectivity index (χ2n) is 7.35.